The molecule has 8 heteroatoms. The van der Waals surface area contributed by atoms with Crippen molar-refractivity contribution in [2.75, 3.05) is 31.6 Å². The number of halogens is 2. The molecule has 6 nitrogen and oxygen atoms in total. The molecule has 1 aliphatic carbocycles. The first-order chi connectivity index (χ1) is 17.9. The Bertz CT molecular complexity index is 1450. The summed E-state index contributed by atoms with van der Waals surface area (Å²) in [6.45, 7) is 2.39. The zero-order valence-electron chi connectivity index (χ0n) is 20.7. The van der Waals surface area contributed by atoms with Gasteiger partial charge in [0, 0.05) is 31.4 Å². The van der Waals surface area contributed by atoms with Crippen LogP contribution in [0.15, 0.2) is 47.4 Å². The van der Waals surface area contributed by atoms with Gasteiger partial charge in [-0.15, -0.1) is 0 Å². The predicted octanol–water partition coefficient (Wildman–Crippen LogP) is 4.71. The fraction of sp³-hybridized carbons (Fsp3) is 0.379. The molecular formula is C29H29F2N3O3. The van der Waals surface area contributed by atoms with Gasteiger partial charge in [0.25, 0.3) is 0 Å². The molecule has 0 bridgehead atoms. The van der Waals surface area contributed by atoms with Crippen LogP contribution in [0.3, 0.4) is 0 Å². The van der Waals surface area contributed by atoms with Crippen LogP contribution in [0.4, 0.5) is 14.5 Å². The Balaban J connectivity index is 1.45. The molecular weight excluding hydrogens is 476 g/mol. The minimum Gasteiger partial charge on any atom is -0.492 e. The number of nitrogens with one attached hydrogen (secondary N) is 1. The van der Waals surface area contributed by atoms with Crippen LogP contribution >= 0.6 is 0 Å². The summed E-state index contributed by atoms with van der Waals surface area (Å²) in [5.41, 5.74) is 1.00. The number of hydrogen-bond acceptors (Lipinski definition) is 5. The van der Waals surface area contributed by atoms with Gasteiger partial charge in [-0.1, -0.05) is 18.2 Å². The van der Waals surface area contributed by atoms with Crippen LogP contribution in [-0.4, -0.2) is 43.1 Å². The maximum atomic E-state index is 15.7. The number of pyridine rings is 1. The third-order valence-electron chi connectivity index (χ3n) is 7.82. The van der Waals surface area contributed by atoms with Crippen LogP contribution in [0.25, 0.3) is 17.0 Å². The predicted molar refractivity (Wildman–Crippen MR) is 139 cm³/mol. The van der Waals surface area contributed by atoms with E-state index in [1.54, 1.807) is 18.3 Å². The third-order valence-corrected chi connectivity index (χ3v) is 7.82. The van der Waals surface area contributed by atoms with Crippen LogP contribution < -0.4 is 20.4 Å². The lowest BCUT2D eigenvalue weighted by Gasteiger charge is -2.25. The molecule has 2 aromatic carbocycles. The maximum Gasteiger partial charge on any atom is 0.200 e. The van der Waals surface area contributed by atoms with Gasteiger partial charge in [0.15, 0.2) is 17.3 Å². The highest BCUT2D eigenvalue weighted by Crippen LogP contribution is 2.45. The van der Waals surface area contributed by atoms with Crippen molar-refractivity contribution < 1.29 is 18.3 Å². The zero-order valence-corrected chi connectivity index (χ0v) is 20.7. The Morgan fingerprint density at radius 1 is 1.14 bits per heavy atom. The Morgan fingerprint density at radius 2 is 1.92 bits per heavy atom. The van der Waals surface area contributed by atoms with Crippen molar-refractivity contribution in [1.82, 2.24) is 9.88 Å². The summed E-state index contributed by atoms with van der Waals surface area (Å²) in [6, 6.07) is 7.40. The van der Waals surface area contributed by atoms with Crippen LogP contribution in [-0.2, 0) is 0 Å². The molecule has 3 heterocycles. The molecule has 37 heavy (non-hydrogen) atoms. The molecule has 2 aliphatic heterocycles. The number of carbonyl (C=O) groups is 1. The van der Waals surface area contributed by atoms with E-state index >= 15 is 4.39 Å². The first-order valence-corrected chi connectivity index (χ1v) is 12.9. The smallest absolute Gasteiger partial charge is 0.200 e. The van der Waals surface area contributed by atoms with Gasteiger partial charge in [0.05, 0.1) is 23.6 Å². The molecule has 192 valence electrons. The summed E-state index contributed by atoms with van der Waals surface area (Å²) >= 11 is 0. The van der Waals surface area contributed by atoms with Gasteiger partial charge in [0.1, 0.15) is 11.5 Å². The van der Waals surface area contributed by atoms with Gasteiger partial charge in [-0.3, -0.25) is 9.59 Å². The van der Waals surface area contributed by atoms with E-state index in [1.165, 1.54) is 37.5 Å². The molecule has 2 unspecified atom stereocenters. The van der Waals surface area contributed by atoms with Crippen LogP contribution in [0, 0.1) is 17.6 Å². The van der Waals surface area contributed by atoms with Crippen molar-refractivity contribution in [3.63, 3.8) is 0 Å². The summed E-state index contributed by atoms with van der Waals surface area (Å²) in [4.78, 5) is 28.6. The summed E-state index contributed by atoms with van der Waals surface area (Å²) in [5.74, 6) is -0.576. The number of ketones is 1. The number of nitrogens with zero attached hydrogens (tertiary/aromatic N) is 2. The van der Waals surface area contributed by atoms with E-state index in [4.69, 9.17) is 4.74 Å². The number of rotatable bonds is 6. The summed E-state index contributed by atoms with van der Waals surface area (Å²) in [7, 11) is 1.51. The lowest BCUT2D eigenvalue weighted by molar-refractivity contribution is 0.104. The highest BCUT2D eigenvalue weighted by atomic mass is 19.1. The first-order valence-electron chi connectivity index (χ1n) is 12.9. The SMILES string of the molecule is COc1c(N2CC3CCCNC3C2)c(F)cc2c(=O)c(C(=O)C=Cc3ccc(F)cc3)cn(C3CC3)c12. The largest absolute Gasteiger partial charge is 0.492 e. The topological polar surface area (TPSA) is 63.6 Å². The molecule has 3 fully saturated rings. The second-order valence-electron chi connectivity index (χ2n) is 10.3. The molecule has 2 saturated heterocycles. The van der Waals surface area contributed by atoms with E-state index < -0.39 is 17.0 Å². The lowest BCUT2D eigenvalue weighted by atomic mass is 9.94. The summed E-state index contributed by atoms with van der Waals surface area (Å²) in [6.07, 6.45) is 8.46. The number of methoxy groups -OCH3 is 1. The summed E-state index contributed by atoms with van der Waals surface area (Å²) < 4.78 is 36.7. The van der Waals surface area contributed by atoms with E-state index in [2.05, 4.69) is 5.32 Å². The fourth-order valence-corrected chi connectivity index (χ4v) is 5.81. The molecule has 6 rings (SSSR count). The molecule has 1 saturated carbocycles. The first kappa shape index (κ1) is 23.9. The van der Waals surface area contributed by atoms with Crippen LogP contribution in [0.2, 0.25) is 0 Å². The number of allylic oxidation sites excluding steroid dienone is 1. The van der Waals surface area contributed by atoms with Gasteiger partial charge in [-0.25, -0.2) is 8.78 Å². The molecule has 2 atom stereocenters. The number of hydrogen-bond donors (Lipinski definition) is 1. The molecule has 0 amide bonds. The molecule has 1 aromatic heterocycles. The number of carbonyl (C=O) groups excluding carboxylic acids is 1. The van der Waals surface area contributed by atoms with E-state index in [0.717, 1.165) is 38.8 Å². The molecule has 3 aliphatic rings. The Labute approximate surface area is 213 Å². The number of ether oxygens (including phenoxy) is 1. The number of piperidine rings is 1. The number of fused-ring (bicyclic) bond motifs is 2. The van der Waals surface area contributed by atoms with Gasteiger partial charge < -0.3 is 19.5 Å². The van der Waals surface area contributed by atoms with E-state index in [0.29, 0.717) is 41.0 Å². The summed E-state index contributed by atoms with van der Waals surface area (Å²) in [5, 5.41) is 3.69. The molecule has 0 spiro atoms. The number of benzene rings is 2. The average molecular weight is 506 g/mol. The van der Waals surface area contributed by atoms with Gasteiger partial charge in [-0.05, 0) is 68.0 Å². The zero-order chi connectivity index (χ0) is 25.7. The standard InChI is InChI=1S/C29H29F2N3O3/c1-37-29-26-21(13-23(31)27(29)33-14-18-3-2-12-32-24(18)16-33)28(36)22(15-34(26)20-9-10-20)25(35)11-6-17-4-7-19(30)8-5-17/h4-8,11,13,15,18,20,24,32H,2-3,9-10,12,14,16H2,1H3. The number of aromatic nitrogens is 1. The highest BCUT2D eigenvalue weighted by molar-refractivity contribution is 6.08. The third kappa shape index (κ3) is 4.33. The van der Waals surface area contributed by atoms with Crippen molar-refractivity contribution >= 4 is 28.4 Å². The van der Waals surface area contributed by atoms with Crippen LogP contribution in [0.1, 0.15) is 47.6 Å². The molecule has 1 N–H and O–H groups in total. The molecule has 3 aromatic rings. The van der Waals surface area contributed by atoms with Crippen molar-refractivity contribution in [3.05, 3.63) is 75.6 Å². The Kier molecular flexibility index (Phi) is 6.07. The van der Waals surface area contributed by atoms with Gasteiger partial charge in [0.2, 0.25) is 5.43 Å². The van der Waals surface area contributed by atoms with Crippen molar-refractivity contribution in [2.24, 2.45) is 5.92 Å². The van der Waals surface area contributed by atoms with Crippen molar-refractivity contribution in [3.8, 4) is 5.75 Å². The maximum absolute atomic E-state index is 15.7. The van der Waals surface area contributed by atoms with Gasteiger partial charge in [-0.2, -0.15) is 0 Å². The Morgan fingerprint density at radius 3 is 2.62 bits per heavy atom. The minimum atomic E-state index is -0.527. The number of anilines is 1. The second-order valence-corrected chi connectivity index (χ2v) is 10.3. The highest BCUT2D eigenvalue weighted by Gasteiger charge is 2.38. The fourth-order valence-electron chi connectivity index (χ4n) is 5.81. The van der Waals surface area contributed by atoms with E-state index in [9.17, 15) is 14.0 Å². The van der Waals surface area contributed by atoms with Crippen molar-refractivity contribution in [1.29, 1.82) is 0 Å². The van der Waals surface area contributed by atoms with Crippen LogP contribution in [0.5, 0.6) is 5.75 Å². The lowest BCUT2D eigenvalue weighted by Crippen LogP contribution is -2.40. The van der Waals surface area contributed by atoms with E-state index in [-0.39, 0.29) is 22.8 Å². The molecule has 0 radical (unpaired) electrons. The second kappa shape index (κ2) is 9.41. The normalized spacial score (nSPS) is 21.5. The van der Waals surface area contributed by atoms with Gasteiger partial charge >= 0.3 is 0 Å². The quantitative estimate of drug-likeness (QED) is 0.389. The van der Waals surface area contributed by atoms with Crippen molar-refractivity contribution in [2.45, 2.75) is 37.8 Å². The monoisotopic (exact) mass is 505 g/mol. The Hall–Kier alpha value is -3.52. The average Bonchev–Trinajstić information content (AvgIpc) is 3.66. The minimum absolute atomic E-state index is 0.0247. The van der Waals surface area contributed by atoms with E-state index in [1.807, 2.05) is 9.47 Å².